The predicted octanol–water partition coefficient (Wildman–Crippen LogP) is 1.01. The molecule has 0 saturated heterocycles. The summed E-state index contributed by atoms with van der Waals surface area (Å²) in [6.45, 7) is 0. The highest BCUT2D eigenvalue weighted by Crippen LogP contribution is 2.05. The molecule has 0 unspecified atom stereocenters. The van der Waals surface area contributed by atoms with Crippen molar-refractivity contribution in [3.8, 4) is 0 Å². The van der Waals surface area contributed by atoms with E-state index < -0.39 is 0 Å². The van der Waals surface area contributed by atoms with Gasteiger partial charge in [0.15, 0.2) is 5.65 Å². The molecule has 0 fully saturated rings. The van der Waals surface area contributed by atoms with Gasteiger partial charge in [0.2, 0.25) is 0 Å². The smallest absolute Gasteiger partial charge is 0.272 e. The van der Waals surface area contributed by atoms with Crippen molar-refractivity contribution in [1.29, 1.82) is 0 Å². The van der Waals surface area contributed by atoms with Crippen molar-refractivity contribution in [2.75, 3.05) is 0 Å². The lowest BCUT2D eigenvalue weighted by Crippen LogP contribution is -2.15. The average molecular weight is 226 g/mol. The van der Waals surface area contributed by atoms with Crippen LogP contribution in [0.1, 0.15) is 11.3 Å². The third-order valence-electron chi connectivity index (χ3n) is 2.54. The Morgan fingerprint density at radius 2 is 2.29 bits per heavy atom. The Labute approximate surface area is 96.8 Å². The molecule has 0 saturated carbocycles. The molecule has 0 spiro atoms. The van der Waals surface area contributed by atoms with Gasteiger partial charge in [-0.3, -0.25) is 14.9 Å². The Kier molecular flexibility index (Phi) is 2.22. The number of hydrogen-bond donors (Lipinski definition) is 1. The van der Waals surface area contributed by atoms with Gasteiger partial charge in [-0.1, -0.05) is 6.07 Å². The van der Waals surface area contributed by atoms with Gasteiger partial charge in [0.1, 0.15) is 0 Å². The first-order chi connectivity index (χ1) is 8.33. The Morgan fingerprint density at radius 3 is 3.12 bits per heavy atom. The molecule has 17 heavy (non-hydrogen) atoms. The van der Waals surface area contributed by atoms with Crippen molar-refractivity contribution >= 4 is 5.65 Å². The van der Waals surface area contributed by atoms with E-state index in [-0.39, 0.29) is 5.56 Å². The van der Waals surface area contributed by atoms with E-state index in [0.717, 1.165) is 11.3 Å². The number of aromatic nitrogens is 4. The van der Waals surface area contributed by atoms with E-state index in [2.05, 4.69) is 15.1 Å². The molecule has 3 aromatic rings. The Balaban J connectivity index is 2.04. The van der Waals surface area contributed by atoms with E-state index >= 15 is 0 Å². The van der Waals surface area contributed by atoms with Gasteiger partial charge in [0.25, 0.3) is 5.56 Å². The molecule has 0 amide bonds. The van der Waals surface area contributed by atoms with Crippen LogP contribution in [0.4, 0.5) is 0 Å². The van der Waals surface area contributed by atoms with Gasteiger partial charge in [-0.05, 0) is 11.6 Å². The van der Waals surface area contributed by atoms with E-state index in [0.29, 0.717) is 12.1 Å². The molecule has 0 atom stereocenters. The lowest BCUT2D eigenvalue weighted by atomic mass is 10.1. The molecular weight excluding hydrogens is 216 g/mol. The molecule has 3 heterocycles. The average Bonchev–Trinajstić information content (AvgIpc) is 2.79. The molecule has 0 bridgehead atoms. The standard InChI is InChI=1S/C12H10N4O/c17-12-7-10(6-9-2-1-4-13-8-9)15-11-3-5-14-16(11)12/h1-5,7-8,14H,6H2. The first kappa shape index (κ1) is 9.77. The molecule has 84 valence electrons. The second-order valence-corrected chi connectivity index (χ2v) is 3.78. The zero-order valence-corrected chi connectivity index (χ0v) is 9.00. The molecule has 5 nitrogen and oxygen atoms in total. The fraction of sp³-hybridized carbons (Fsp3) is 0.0833. The summed E-state index contributed by atoms with van der Waals surface area (Å²) in [6.07, 6.45) is 5.81. The van der Waals surface area contributed by atoms with Crippen molar-refractivity contribution in [1.82, 2.24) is 19.6 Å². The summed E-state index contributed by atoms with van der Waals surface area (Å²) in [4.78, 5) is 20.2. The first-order valence-corrected chi connectivity index (χ1v) is 5.28. The van der Waals surface area contributed by atoms with Crippen LogP contribution in [0.5, 0.6) is 0 Å². The van der Waals surface area contributed by atoms with Gasteiger partial charge in [-0.25, -0.2) is 9.50 Å². The quantitative estimate of drug-likeness (QED) is 0.709. The summed E-state index contributed by atoms with van der Waals surface area (Å²) in [6, 6.07) is 7.15. The molecule has 3 aromatic heterocycles. The molecule has 0 aromatic carbocycles. The lowest BCUT2D eigenvalue weighted by Gasteiger charge is -2.00. The molecule has 5 heteroatoms. The number of fused-ring (bicyclic) bond motifs is 1. The number of aromatic amines is 1. The summed E-state index contributed by atoms with van der Waals surface area (Å²) in [7, 11) is 0. The zero-order valence-electron chi connectivity index (χ0n) is 9.00. The van der Waals surface area contributed by atoms with Crippen molar-refractivity contribution < 1.29 is 0 Å². The minimum absolute atomic E-state index is 0.0982. The van der Waals surface area contributed by atoms with Crippen LogP contribution in [0.15, 0.2) is 47.7 Å². The van der Waals surface area contributed by atoms with Crippen LogP contribution in [-0.2, 0) is 6.42 Å². The molecular formula is C12H10N4O. The number of pyridine rings is 1. The number of rotatable bonds is 2. The maximum Gasteiger partial charge on any atom is 0.272 e. The topological polar surface area (TPSA) is 63.0 Å². The maximum absolute atomic E-state index is 11.7. The van der Waals surface area contributed by atoms with Crippen LogP contribution in [0.2, 0.25) is 0 Å². The number of nitrogens with zero attached hydrogens (tertiary/aromatic N) is 3. The number of hydrogen-bond acceptors (Lipinski definition) is 3. The monoisotopic (exact) mass is 226 g/mol. The van der Waals surface area contributed by atoms with Crippen molar-refractivity contribution in [2.24, 2.45) is 0 Å². The third-order valence-corrected chi connectivity index (χ3v) is 2.54. The predicted molar refractivity (Wildman–Crippen MR) is 62.9 cm³/mol. The molecule has 0 aliphatic carbocycles. The molecule has 0 radical (unpaired) electrons. The second kappa shape index (κ2) is 3.86. The van der Waals surface area contributed by atoms with Crippen LogP contribution in [-0.4, -0.2) is 19.6 Å². The van der Waals surface area contributed by atoms with Crippen molar-refractivity contribution in [2.45, 2.75) is 6.42 Å². The largest absolute Gasteiger partial charge is 0.297 e. The SMILES string of the molecule is O=c1cc(Cc2cccnc2)nc2cc[nH]n12. The van der Waals surface area contributed by atoms with E-state index in [1.807, 2.05) is 12.1 Å². The van der Waals surface area contributed by atoms with Crippen molar-refractivity contribution in [3.63, 3.8) is 0 Å². The van der Waals surface area contributed by atoms with Crippen LogP contribution in [0.25, 0.3) is 5.65 Å². The molecule has 1 N–H and O–H groups in total. The lowest BCUT2D eigenvalue weighted by molar-refractivity contribution is 0.880. The normalized spacial score (nSPS) is 10.8. The summed E-state index contributed by atoms with van der Waals surface area (Å²) in [5.41, 5.74) is 2.33. The third kappa shape index (κ3) is 1.82. The van der Waals surface area contributed by atoms with Crippen molar-refractivity contribution in [3.05, 3.63) is 64.5 Å². The first-order valence-electron chi connectivity index (χ1n) is 5.28. The number of H-pyrrole nitrogens is 1. The maximum atomic E-state index is 11.7. The molecule has 3 rings (SSSR count). The van der Waals surface area contributed by atoms with E-state index in [9.17, 15) is 4.79 Å². The van der Waals surface area contributed by atoms with E-state index in [1.54, 1.807) is 24.7 Å². The molecule has 0 aliphatic heterocycles. The minimum Gasteiger partial charge on any atom is -0.297 e. The highest BCUT2D eigenvalue weighted by atomic mass is 16.1. The zero-order chi connectivity index (χ0) is 11.7. The fourth-order valence-electron chi connectivity index (χ4n) is 1.78. The summed E-state index contributed by atoms with van der Waals surface area (Å²) in [5, 5.41) is 2.81. The summed E-state index contributed by atoms with van der Waals surface area (Å²) < 4.78 is 1.41. The van der Waals surface area contributed by atoms with Crippen LogP contribution >= 0.6 is 0 Å². The highest BCUT2D eigenvalue weighted by Gasteiger charge is 2.03. The van der Waals surface area contributed by atoms with Gasteiger partial charge in [-0.15, -0.1) is 0 Å². The highest BCUT2D eigenvalue weighted by molar-refractivity contribution is 5.37. The van der Waals surface area contributed by atoms with Gasteiger partial charge in [-0.2, -0.15) is 0 Å². The van der Waals surface area contributed by atoms with E-state index in [4.69, 9.17) is 0 Å². The van der Waals surface area contributed by atoms with Gasteiger partial charge in [0, 0.05) is 37.1 Å². The van der Waals surface area contributed by atoms with Crippen LogP contribution < -0.4 is 5.56 Å². The van der Waals surface area contributed by atoms with Crippen LogP contribution in [0, 0.1) is 0 Å². The van der Waals surface area contributed by atoms with Gasteiger partial charge in [0.05, 0.1) is 5.69 Å². The van der Waals surface area contributed by atoms with Gasteiger partial charge < -0.3 is 0 Å². The number of nitrogens with one attached hydrogen (secondary N) is 1. The molecule has 0 aliphatic rings. The summed E-state index contributed by atoms with van der Waals surface area (Å²) in [5.74, 6) is 0. The Morgan fingerprint density at radius 1 is 1.35 bits per heavy atom. The second-order valence-electron chi connectivity index (χ2n) is 3.78. The Hall–Kier alpha value is -2.43. The Bertz CT molecular complexity index is 699. The summed E-state index contributed by atoms with van der Waals surface area (Å²) >= 11 is 0. The van der Waals surface area contributed by atoms with Crippen LogP contribution in [0.3, 0.4) is 0 Å². The van der Waals surface area contributed by atoms with E-state index in [1.165, 1.54) is 10.6 Å². The fourth-order valence-corrected chi connectivity index (χ4v) is 1.78. The van der Waals surface area contributed by atoms with Gasteiger partial charge >= 0.3 is 0 Å². The minimum atomic E-state index is -0.0982.